The summed E-state index contributed by atoms with van der Waals surface area (Å²) in [6, 6.07) is 16.2. The predicted molar refractivity (Wildman–Crippen MR) is 150 cm³/mol. The second kappa shape index (κ2) is 12.1. The number of hydrogen-bond donors (Lipinski definition) is 6. The molecule has 2 fully saturated rings. The molecule has 2 aliphatic rings. The van der Waals surface area contributed by atoms with Crippen molar-refractivity contribution < 1.29 is 49.6 Å². The highest BCUT2D eigenvalue weighted by Gasteiger charge is 2.48. The fourth-order valence-electron chi connectivity index (χ4n) is 6.09. The first-order chi connectivity index (χ1) is 20.3. The first kappa shape index (κ1) is 29.3. The van der Waals surface area contributed by atoms with E-state index in [1.54, 1.807) is 0 Å². The van der Waals surface area contributed by atoms with E-state index < -0.39 is 68.5 Å². The number of rotatable bonds is 8. The van der Waals surface area contributed by atoms with E-state index in [1.807, 2.05) is 36.4 Å². The second-order valence-corrected chi connectivity index (χ2v) is 10.9. The summed E-state index contributed by atoms with van der Waals surface area (Å²) >= 11 is 0. The van der Waals surface area contributed by atoms with E-state index in [1.165, 1.54) is 0 Å². The third kappa shape index (κ3) is 5.18. The topological polar surface area (TPSA) is 176 Å². The SMILES string of the molecule is Cc1c2ccccc2nc2c1c1ccccc1n2CCO[C@@H]1C[C@@H](O)[C@H](O[C@@H]2O[C@H](CO)[C@H](O)[C@H](O)[C@H]2O)[C@@H](CO)O1. The maximum Gasteiger partial charge on any atom is 0.187 e. The Labute approximate surface area is 241 Å². The van der Waals surface area contributed by atoms with E-state index in [0.29, 0.717) is 6.54 Å². The Balaban J connectivity index is 1.16. The van der Waals surface area contributed by atoms with Gasteiger partial charge < -0.3 is 54.2 Å². The maximum atomic E-state index is 10.9. The smallest absolute Gasteiger partial charge is 0.187 e. The molecule has 4 aromatic rings. The van der Waals surface area contributed by atoms with Crippen LogP contribution in [0.25, 0.3) is 32.8 Å². The summed E-state index contributed by atoms with van der Waals surface area (Å²) in [4.78, 5) is 4.98. The number of ether oxygens (including phenoxy) is 4. The van der Waals surface area contributed by atoms with Crippen LogP contribution >= 0.6 is 0 Å². The highest BCUT2D eigenvalue weighted by molar-refractivity contribution is 6.12. The van der Waals surface area contributed by atoms with Crippen molar-refractivity contribution in [3.63, 3.8) is 0 Å². The number of fused-ring (bicyclic) bond motifs is 4. The van der Waals surface area contributed by atoms with Crippen LogP contribution in [0.4, 0.5) is 0 Å². The standard InChI is InChI=1S/C30H36N2O10/c1-15-16-6-2-4-8-18(16)31-29-24(15)17-7-3-5-9-19(17)32(29)10-11-39-23-12-20(35)28(22(14-34)40-23)42-30-27(38)26(37)25(36)21(13-33)41-30/h2-9,20-23,25-28,30,33-38H,10-14H2,1H3/t20-,21-,22-,23+,25+,26+,27-,28+,30+/m1/s1. The Hall–Kier alpha value is -2.75. The summed E-state index contributed by atoms with van der Waals surface area (Å²) in [5, 5.41) is 64.0. The molecule has 0 radical (unpaired) electrons. The van der Waals surface area contributed by atoms with Gasteiger partial charge in [0, 0.05) is 29.1 Å². The number of para-hydroxylation sites is 2. The first-order valence-corrected chi connectivity index (χ1v) is 14.1. The van der Waals surface area contributed by atoms with Gasteiger partial charge in [0.15, 0.2) is 12.6 Å². The van der Waals surface area contributed by atoms with Crippen LogP contribution in [0.5, 0.6) is 0 Å². The number of aliphatic hydroxyl groups is 6. The molecule has 0 saturated carbocycles. The van der Waals surface area contributed by atoms with Crippen LogP contribution in [0.3, 0.4) is 0 Å². The van der Waals surface area contributed by atoms with Gasteiger partial charge in [-0.2, -0.15) is 0 Å². The molecule has 2 aromatic heterocycles. The fraction of sp³-hybridized carbons (Fsp3) is 0.500. The van der Waals surface area contributed by atoms with Crippen molar-refractivity contribution in [3.05, 3.63) is 54.1 Å². The minimum absolute atomic E-state index is 0.00770. The van der Waals surface area contributed by atoms with Crippen LogP contribution in [-0.4, -0.2) is 115 Å². The van der Waals surface area contributed by atoms with Gasteiger partial charge in [0.2, 0.25) is 0 Å². The van der Waals surface area contributed by atoms with Crippen LogP contribution in [-0.2, 0) is 25.5 Å². The molecule has 4 heterocycles. The molecule has 12 heteroatoms. The van der Waals surface area contributed by atoms with Crippen molar-refractivity contribution in [1.82, 2.24) is 9.55 Å². The zero-order valence-corrected chi connectivity index (χ0v) is 23.1. The summed E-state index contributed by atoms with van der Waals surface area (Å²) in [6.07, 6.45) is -11.7. The molecule has 6 N–H and O–H groups in total. The predicted octanol–water partition coefficient (Wildman–Crippen LogP) is 0.321. The van der Waals surface area contributed by atoms with Gasteiger partial charge in [-0.05, 0) is 24.6 Å². The van der Waals surface area contributed by atoms with Gasteiger partial charge in [0.25, 0.3) is 0 Å². The zero-order chi connectivity index (χ0) is 29.5. The molecule has 0 aliphatic carbocycles. The Morgan fingerprint density at radius 2 is 1.60 bits per heavy atom. The molecule has 9 atom stereocenters. The molecular formula is C30H36N2O10. The zero-order valence-electron chi connectivity index (χ0n) is 23.1. The van der Waals surface area contributed by atoms with Gasteiger partial charge in [-0.25, -0.2) is 4.98 Å². The Kier molecular flexibility index (Phi) is 8.44. The van der Waals surface area contributed by atoms with E-state index in [-0.39, 0.29) is 13.0 Å². The van der Waals surface area contributed by atoms with Crippen molar-refractivity contribution in [3.8, 4) is 0 Å². The van der Waals surface area contributed by atoms with Gasteiger partial charge in [-0.15, -0.1) is 0 Å². The minimum atomic E-state index is -1.65. The summed E-state index contributed by atoms with van der Waals surface area (Å²) in [7, 11) is 0. The summed E-state index contributed by atoms with van der Waals surface area (Å²) < 4.78 is 25.1. The number of aryl methyl sites for hydroxylation is 1. The molecular weight excluding hydrogens is 548 g/mol. The Bertz CT molecular complexity index is 1540. The fourth-order valence-corrected chi connectivity index (χ4v) is 6.09. The van der Waals surface area contributed by atoms with Gasteiger partial charge in [-0.3, -0.25) is 0 Å². The van der Waals surface area contributed by atoms with Gasteiger partial charge >= 0.3 is 0 Å². The van der Waals surface area contributed by atoms with Crippen LogP contribution in [0, 0.1) is 6.92 Å². The highest BCUT2D eigenvalue weighted by Crippen LogP contribution is 2.34. The third-order valence-corrected chi connectivity index (χ3v) is 8.30. The molecule has 0 amide bonds. The molecule has 0 unspecified atom stereocenters. The lowest BCUT2D eigenvalue weighted by Gasteiger charge is -2.44. The maximum absolute atomic E-state index is 10.9. The lowest BCUT2D eigenvalue weighted by atomic mass is 9.98. The molecule has 2 saturated heterocycles. The van der Waals surface area contributed by atoms with Crippen molar-refractivity contribution in [2.24, 2.45) is 0 Å². The number of benzene rings is 2. The van der Waals surface area contributed by atoms with Crippen LogP contribution in [0.2, 0.25) is 0 Å². The number of aliphatic hydroxyl groups excluding tert-OH is 6. The minimum Gasteiger partial charge on any atom is -0.394 e. The number of pyridine rings is 1. The van der Waals surface area contributed by atoms with Crippen molar-refractivity contribution >= 4 is 32.8 Å². The molecule has 226 valence electrons. The third-order valence-electron chi connectivity index (χ3n) is 8.30. The quantitative estimate of drug-likeness (QED) is 0.168. The summed E-state index contributed by atoms with van der Waals surface area (Å²) in [5.74, 6) is 0. The van der Waals surface area contributed by atoms with Crippen LogP contribution < -0.4 is 0 Å². The van der Waals surface area contributed by atoms with Crippen molar-refractivity contribution in [2.45, 2.75) is 75.2 Å². The molecule has 12 nitrogen and oxygen atoms in total. The van der Waals surface area contributed by atoms with E-state index in [0.717, 1.165) is 38.4 Å². The van der Waals surface area contributed by atoms with Gasteiger partial charge in [0.1, 0.15) is 42.3 Å². The Morgan fingerprint density at radius 1 is 0.881 bits per heavy atom. The molecule has 0 bridgehead atoms. The van der Waals surface area contributed by atoms with Gasteiger partial charge in [0.05, 0.1) is 37.0 Å². The van der Waals surface area contributed by atoms with E-state index in [9.17, 15) is 30.6 Å². The van der Waals surface area contributed by atoms with Crippen molar-refractivity contribution in [2.75, 3.05) is 19.8 Å². The number of nitrogens with zero attached hydrogens (tertiary/aromatic N) is 2. The molecule has 0 spiro atoms. The number of hydrogen-bond acceptors (Lipinski definition) is 11. The molecule has 42 heavy (non-hydrogen) atoms. The molecule has 2 aromatic carbocycles. The first-order valence-electron chi connectivity index (χ1n) is 14.1. The average molecular weight is 585 g/mol. The van der Waals surface area contributed by atoms with Crippen LogP contribution in [0.1, 0.15) is 12.0 Å². The van der Waals surface area contributed by atoms with E-state index in [4.69, 9.17) is 23.9 Å². The molecule has 2 aliphatic heterocycles. The van der Waals surface area contributed by atoms with Crippen molar-refractivity contribution in [1.29, 1.82) is 0 Å². The summed E-state index contributed by atoms with van der Waals surface area (Å²) in [5.41, 5.74) is 3.93. The number of aromatic nitrogens is 2. The van der Waals surface area contributed by atoms with E-state index in [2.05, 4.69) is 23.6 Å². The second-order valence-electron chi connectivity index (χ2n) is 10.9. The Morgan fingerprint density at radius 3 is 2.36 bits per heavy atom. The highest BCUT2D eigenvalue weighted by atomic mass is 16.7. The largest absolute Gasteiger partial charge is 0.394 e. The van der Waals surface area contributed by atoms with Crippen LogP contribution in [0.15, 0.2) is 48.5 Å². The average Bonchev–Trinajstić information content (AvgIpc) is 3.31. The molecule has 6 rings (SSSR count). The normalized spacial score (nSPS) is 32.2. The van der Waals surface area contributed by atoms with Gasteiger partial charge in [-0.1, -0.05) is 36.4 Å². The lowest BCUT2D eigenvalue weighted by Crippen LogP contribution is -2.62. The lowest BCUT2D eigenvalue weighted by molar-refractivity contribution is -0.344. The summed E-state index contributed by atoms with van der Waals surface area (Å²) in [6.45, 7) is 1.65. The van der Waals surface area contributed by atoms with E-state index >= 15 is 0 Å². The monoisotopic (exact) mass is 584 g/mol.